The Labute approximate surface area is 197 Å². The first-order chi connectivity index (χ1) is 16.2. The molecular weight excluding hydrogens is 440 g/mol. The number of rotatable bonds is 11. The average Bonchev–Trinajstić information content (AvgIpc) is 2.83. The van der Waals surface area contributed by atoms with Gasteiger partial charge in [0, 0.05) is 6.42 Å². The van der Waals surface area contributed by atoms with Crippen LogP contribution in [0.15, 0.2) is 54.6 Å². The van der Waals surface area contributed by atoms with Crippen LogP contribution in [0.2, 0.25) is 0 Å². The highest BCUT2D eigenvalue weighted by Crippen LogP contribution is 2.11. The summed E-state index contributed by atoms with van der Waals surface area (Å²) in [5.41, 5.74) is 7.49. The summed E-state index contributed by atoms with van der Waals surface area (Å²) in [4.78, 5) is 48.9. The number of nitrogens with one attached hydrogen (secondary N) is 3. The van der Waals surface area contributed by atoms with Crippen LogP contribution in [0.25, 0.3) is 0 Å². The van der Waals surface area contributed by atoms with Crippen LogP contribution in [0, 0.1) is 0 Å². The number of carbonyl (C=O) groups excluding carboxylic acids is 4. The zero-order chi connectivity index (χ0) is 25.1. The van der Waals surface area contributed by atoms with Crippen LogP contribution in [0.1, 0.15) is 18.1 Å². The van der Waals surface area contributed by atoms with Gasteiger partial charge in [0.1, 0.15) is 17.8 Å². The van der Waals surface area contributed by atoms with E-state index in [2.05, 4.69) is 16.0 Å². The normalized spacial score (nSPS) is 13.1. The Morgan fingerprint density at radius 3 is 2.15 bits per heavy atom. The Morgan fingerprint density at radius 2 is 1.53 bits per heavy atom. The van der Waals surface area contributed by atoms with Gasteiger partial charge in [0.25, 0.3) is 0 Å². The predicted molar refractivity (Wildman–Crippen MR) is 124 cm³/mol. The lowest BCUT2D eigenvalue weighted by Gasteiger charge is -2.19. The first-order valence-electron chi connectivity index (χ1n) is 10.7. The largest absolute Gasteiger partial charge is 0.508 e. The van der Waals surface area contributed by atoms with E-state index in [4.69, 9.17) is 10.5 Å². The first kappa shape index (κ1) is 26.3. The number of esters is 1. The number of nitrogens with two attached hydrogens (primary N) is 1. The molecule has 34 heavy (non-hydrogen) atoms. The van der Waals surface area contributed by atoms with Crippen molar-refractivity contribution in [1.82, 2.24) is 16.0 Å². The van der Waals surface area contributed by atoms with Crippen molar-refractivity contribution >= 4 is 23.7 Å². The molecule has 0 aliphatic rings. The van der Waals surface area contributed by atoms with Crippen LogP contribution < -0.4 is 21.7 Å². The summed E-state index contributed by atoms with van der Waals surface area (Å²) in [6.45, 7) is 1.08. The van der Waals surface area contributed by atoms with E-state index in [0.717, 1.165) is 11.1 Å². The molecule has 0 bridgehead atoms. The number of benzene rings is 2. The smallest absolute Gasteiger partial charge is 0.328 e. The van der Waals surface area contributed by atoms with Crippen molar-refractivity contribution in [2.75, 3.05) is 13.7 Å². The number of aromatic hydroxyl groups is 1. The Kier molecular flexibility index (Phi) is 10.0. The summed E-state index contributed by atoms with van der Waals surface area (Å²) in [5.74, 6) is -2.20. The maximum absolute atomic E-state index is 12.3. The molecule has 3 atom stereocenters. The second kappa shape index (κ2) is 12.9. The number of phenols is 1. The van der Waals surface area contributed by atoms with Gasteiger partial charge >= 0.3 is 5.97 Å². The molecule has 3 amide bonds. The van der Waals surface area contributed by atoms with E-state index in [1.807, 2.05) is 30.3 Å². The quantitative estimate of drug-likeness (QED) is 0.284. The molecule has 0 heterocycles. The fourth-order valence-electron chi connectivity index (χ4n) is 3.12. The Morgan fingerprint density at radius 1 is 0.912 bits per heavy atom. The van der Waals surface area contributed by atoms with Crippen molar-refractivity contribution in [2.24, 2.45) is 5.73 Å². The minimum Gasteiger partial charge on any atom is -0.508 e. The van der Waals surface area contributed by atoms with E-state index in [9.17, 15) is 24.3 Å². The minimum absolute atomic E-state index is 0.106. The number of hydrogen-bond donors (Lipinski definition) is 5. The molecule has 2 aromatic rings. The van der Waals surface area contributed by atoms with Gasteiger partial charge in [-0.05, 0) is 36.6 Å². The van der Waals surface area contributed by atoms with Crippen LogP contribution in [0.3, 0.4) is 0 Å². The molecule has 2 rings (SSSR count). The second-order valence-corrected chi connectivity index (χ2v) is 7.76. The third kappa shape index (κ3) is 8.55. The molecule has 0 aliphatic heterocycles. The third-order valence-electron chi connectivity index (χ3n) is 5.01. The van der Waals surface area contributed by atoms with Gasteiger partial charge in [-0.2, -0.15) is 0 Å². The van der Waals surface area contributed by atoms with E-state index >= 15 is 0 Å². The van der Waals surface area contributed by atoms with Crippen LogP contribution in [-0.2, 0) is 36.8 Å². The van der Waals surface area contributed by atoms with Crippen LogP contribution in [0.4, 0.5) is 0 Å². The molecule has 10 heteroatoms. The molecule has 0 aromatic heterocycles. The number of ether oxygens (including phenoxy) is 1. The third-order valence-corrected chi connectivity index (χ3v) is 5.01. The van der Waals surface area contributed by atoms with Crippen LogP contribution >= 0.6 is 0 Å². The predicted octanol–water partition coefficient (Wildman–Crippen LogP) is -0.217. The van der Waals surface area contributed by atoms with Gasteiger partial charge in [0.2, 0.25) is 17.7 Å². The van der Waals surface area contributed by atoms with Gasteiger partial charge in [-0.15, -0.1) is 0 Å². The van der Waals surface area contributed by atoms with Gasteiger partial charge in [-0.1, -0.05) is 42.5 Å². The van der Waals surface area contributed by atoms with Gasteiger partial charge in [0.05, 0.1) is 19.7 Å². The zero-order valence-corrected chi connectivity index (χ0v) is 19.1. The molecule has 0 saturated heterocycles. The summed E-state index contributed by atoms with van der Waals surface area (Å²) >= 11 is 0. The number of phenolic OH excluding ortho intramolecular Hbond substituents is 1. The highest BCUT2D eigenvalue weighted by Gasteiger charge is 2.24. The topological polar surface area (TPSA) is 160 Å². The van der Waals surface area contributed by atoms with E-state index in [-0.39, 0.29) is 25.1 Å². The van der Waals surface area contributed by atoms with Crippen molar-refractivity contribution < 1.29 is 29.0 Å². The van der Waals surface area contributed by atoms with E-state index in [0.29, 0.717) is 0 Å². The molecule has 0 fully saturated rings. The number of hydrogen-bond acceptors (Lipinski definition) is 7. The van der Waals surface area contributed by atoms with Crippen molar-refractivity contribution in [1.29, 1.82) is 0 Å². The number of amides is 3. The average molecular weight is 471 g/mol. The molecule has 0 radical (unpaired) electrons. The summed E-state index contributed by atoms with van der Waals surface area (Å²) in [7, 11) is 1.23. The molecule has 0 spiro atoms. The lowest BCUT2D eigenvalue weighted by molar-refractivity contribution is -0.145. The highest BCUT2D eigenvalue weighted by atomic mass is 16.5. The Hall–Kier alpha value is -3.92. The monoisotopic (exact) mass is 470 g/mol. The maximum Gasteiger partial charge on any atom is 0.328 e. The SMILES string of the molecule is COC(=O)C(Cc1ccccc1)NC(=O)CNC(=O)C(C)NC(=O)C(N)Cc1ccc(O)cc1. The minimum atomic E-state index is -0.938. The summed E-state index contributed by atoms with van der Waals surface area (Å²) < 4.78 is 4.75. The fourth-order valence-corrected chi connectivity index (χ4v) is 3.12. The van der Waals surface area contributed by atoms with Gasteiger partial charge in [0.15, 0.2) is 0 Å². The molecular formula is C24H30N4O6. The molecule has 182 valence electrons. The molecule has 10 nitrogen and oxygen atoms in total. The van der Waals surface area contributed by atoms with Crippen LogP contribution in [0.5, 0.6) is 5.75 Å². The van der Waals surface area contributed by atoms with Gasteiger partial charge in [-0.25, -0.2) is 4.79 Å². The maximum atomic E-state index is 12.3. The van der Waals surface area contributed by atoms with E-state index in [1.54, 1.807) is 12.1 Å². The van der Waals surface area contributed by atoms with Crippen molar-refractivity contribution in [3.05, 3.63) is 65.7 Å². The second-order valence-electron chi connectivity index (χ2n) is 7.76. The fraction of sp³-hybridized carbons (Fsp3) is 0.333. The Bertz CT molecular complexity index is 981. The molecule has 6 N–H and O–H groups in total. The standard InChI is InChI=1S/C24H30N4O6/c1-15(27-23(32)19(25)12-17-8-10-18(29)11-9-17)22(31)26-14-21(30)28-20(24(33)34-2)13-16-6-4-3-5-7-16/h3-11,15,19-20,29H,12-14,25H2,1-2H3,(H,26,31)(H,27,32)(H,28,30). The molecule has 0 aliphatic carbocycles. The zero-order valence-electron chi connectivity index (χ0n) is 19.1. The van der Waals surface area contributed by atoms with Gasteiger partial charge < -0.3 is 31.5 Å². The molecule has 3 unspecified atom stereocenters. The summed E-state index contributed by atoms with van der Waals surface area (Å²) in [6.07, 6.45) is 0.456. The highest BCUT2D eigenvalue weighted by molar-refractivity contribution is 5.92. The summed E-state index contributed by atoms with van der Waals surface area (Å²) in [5, 5.41) is 16.8. The van der Waals surface area contributed by atoms with Crippen molar-refractivity contribution in [3.8, 4) is 5.75 Å². The van der Waals surface area contributed by atoms with Crippen LogP contribution in [-0.4, -0.2) is 60.6 Å². The van der Waals surface area contributed by atoms with Crippen molar-refractivity contribution in [2.45, 2.75) is 37.9 Å². The lowest BCUT2D eigenvalue weighted by atomic mass is 10.1. The van der Waals surface area contributed by atoms with Crippen molar-refractivity contribution in [3.63, 3.8) is 0 Å². The molecule has 0 saturated carbocycles. The number of methoxy groups -OCH3 is 1. The first-order valence-corrected chi connectivity index (χ1v) is 10.7. The van der Waals surface area contributed by atoms with Gasteiger partial charge in [-0.3, -0.25) is 14.4 Å². The Balaban J connectivity index is 1.81. The molecule has 2 aromatic carbocycles. The number of carbonyl (C=O) groups is 4. The van der Waals surface area contributed by atoms with E-state index in [1.165, 1.54) is 26.2 Å². The van der Waals surface area contributed by atoms with E-state index < -0.39 is 41.8 Å². The summed E-state index contributed by atoms with van der Waals surface area (Å²) in [6, 6.07) is 12.6. The lowest BCUT2D eigenvalue weighted by Crippen LogP contribution is -2.53.